The van der Waals surface area contributed by atoms with Crippen LogP contribution in [0.1, 0.15) is 10.4 Å². The third-order valence-electron chi connectivity index (χ3n) is 3.74. The van der Waals surface area contributed by atoms with Gasteiger partial charge in [-0.05, 0) is 54.6 Å². The van der Waals surface area contributed by atoms with Crippen LogP contribution in [0.4, 0.5) is 5.69 Å². The van der Waals surface area contributed by atoms with Crippen LogP contribution in [0.3, 0.4) is 0 Å². The van der Waals surface area contributed by atoms with Gasteiger partial charge in [0.2, 0.25) is 0 Å². The first kappa shape index (κ1) is 17.4. The van der Waals surface area contributed by atoms with Gasteiger partial charge in [-0.2, -0.15) is 0 Å². The zero-order valence-corrected chi connectivity index (χ0v) is 14.6. The van der Waals surface area contributed by atoms with Crippen molar-refractivity contribution in [1.29, 1.82) is 0 Å². The minimum atomic E-state index is -0.234. The van der Waals surface area contributed by atoms with E-state index >= 15 is 0 Å². The molecule has 0 radical (unpaired) electrons. The van der Waals surface area contributed by atoms with Gasteiger partial charge in [-0.3, -0.25) is 4.79 Å². The molecule has 5 heteroatoms. The third kappa shape index (κ3) is 4.13. The molecule has 0 aliphatic rings. The SMILES string of the molecule is COc1ccc(C(=O)Nc2ccc(Oc3ccccc3)cc2)cc1OC. The van der Waals surface area contributed by atoms with Gasteiger partial charge in [0.1, 0.15) is 11.5 Å². The van der Waals surface area contributed by atoms with Gasteiger partial charge in [0.15, 0.2) is 11.5 Å². The molecule has 0 saturated heterocycles. The predicted molar refractivity (Wildman–Crippen MR) is 100 cm³/mol. The number of nitrogens with one attached hydrogen (secondary N) is 1. The number of ether oxygens (including phenoxy) is 3. The van der Waals surface area contributed by atoms with Crippen LogP contribution in [0.2, 0.25) is 0 Å². The van der Waals surface area contributed by atoms with Crippen molar-refractivity contribution in [2.45, 2.75) is 0 Å². The molecule has 1 N–H and O–H groups in total. The van der Waals surface area contributed by atoms with Gasteiger partial charge in [0.25, 0.3) is 5.91 Å². The van der Waals surface area contributed by atoms with Gasteiger partial charge < -0.3 is 19.5 Å². The highest BCUT2D eigenvalue weighted by Gasteiger charge is 2.11. The van der Waals surface area contributed by atoms with Crippen LogP contribution < -0.4 is 19.5 Å². The van der Waals surface area contributed by atoms with Crippen molar-refractivity contribution in [2.75, 3.05) is 19.5 Å². The molecular formula is C21H19NO4. The quantitative estimate of drug-likeness (QED) is 0.698. The van der Waals surface area contributed by atoms with E-state index in [1.807, 2.05) is 30.3 Å². The molecule has 5 nitrogen and oxygen atoms in total. The molecule has 26 heavy (non-hydrogen) atoms. The molecule has 0 heterocycles. The second-order valence-corrected chi connectivity index (χ2v) is 5.46. The molecule has 132 valence electrons. The molecule has 0 spiro atoms. The zero-order chi connectivity index (χ0) is 18.4. The van der Waals surface area contributed by atoms with Crippen molar-refractivity contribution in [3.05, 3.63) is 78.4 Å². The number of carbonyl (C=O) groups is 1. The summed E-state index contributed by atoms with van der Waals surface area (Å²) >= 11 is 0. The fourth-order valence-corrected chi connectivity index (χ4v) is 2.41. The number of rotatable bonds is 6. The normalized spacial score (nSPS) is 10.1. The topological polar surface area (TPSA) is 56.8 Å². The Hall–Kier alpha value is -3.47. The van der Waals surface area contributed by atoms with Gasteiger partial charge in [-0.25, -0.2) is 0 Å². The first-order chi connectivity index (χ1) is 12.7. The van der Waals surface area contributed by atoms with Crippen LogP contribution >= 0.6 is 0 Å². The van der Waals surface area contributed by atoms with Crippen molar-refractivity contribution < 1.29 is 19.0 Å². The lowest BCUT2D eigenvalue weighted by atomic mass is 10.2. The fourth-order valence-electron chi connectivity index (χ4n) is 2.41. The average molecular weight is 349 g/mol. The molecule has 0 aliphatic carbocycles. The van der Waals surface area contributed by atoms with Crippen molar-refractivity contribution in [3.8, 4) is 23.0 Å². The second kappa shape index (κ2) is 8.07. The Balaban J connectivity index is 1.68. The third-order valence-corrected chi connectivity index (χ3v) is 3.74. The maximum absolute atomic E-state index is 12.4. The number of anilines is 1. The summed E-state index contributed by atoms with van der Waals surface area (Å²) in [6.45, 7) is 0. The summed E-state index contributed by atoms with van der Waals surface area (Å²) in [5.74, 6) is 2.30. The summed E-state index contributed by atoms with van der Waals surface area (Å²) < 4.78 is 16.1. The summed E-state index contributed by atoms with van der Waals surface area (Å²) in [5.41, 5.74) is 1.15. The number of benzene rings is 3. The highest BCUT2D eigenvalue weighted by Crippen LogP contribution is 2.28. The van der Waals surface area contributed by atoms with Crippen LogP contribution in [-0.2, 0) is 0 Å². The molecule has 0 unspecified atom stereocenters. The van der Waals surface area contributed by atoms with E-state index < -0.39 is 0 Å². The lowest BCUT2D eigenvalue weighted by molar-refractivity contribution is 0.102. The van der Waals surface area contributed by atoms with E-state index in [-0.39, 0.29) is 5.91 Å². The minimum Gasteiger partial charge on any atom is -0.493 e. The number of amides is 1. The molecule has 0 atom stereocenters. The average Bonchev–Trinajstić information content (AvgIpc) is 2.69. The summed E-state index contributed by atoms with van der Waals surface area (Å²) in [7, 11) is 3.08. The number of carbonyl (C=O) groups excluding carboxylic acids is 1. The first-order valence-corrected chi connectivity index (χ1v) is 8.06. The van der Waals surface area contributed by atoms with Crippen molar-refractivity contribution >= 4 is 11.6 Å². The molecule has 0 saturated carbocycles. The molecule has 3 aromatic carbocycles. The molecule has 0 aliphatic heterocycles. The van der Waals surface area contributed by atoms with Gasteiger partial charge in [0, 0.05) is 11.3 Å². The number of methoxy groups -OCH3 is 2. The molecule has 1 amide bonds. The fraction of sp³-hybridized carbons (Fsp3) is 0.0952. The Morgan fingerprint density at radius 2 is 1.42 bits per heavy atom. The van der Waals surface area contributed by atoms with Crippen molar-refractivity contribution in [2.24, 2.45) is 0 Å². The lowest BCUT2D eigenvalue weighted by Gasteiger charge is -2.10. The standard InChI is InChI=1S/C21H19NO4/c1-24-19-13-8-15(14-20(19)25-2)21(23)22-16-9-11-18(12-10-16)26-17-6-4-3-5-7-17/h3-14H,1-2H3,(H,22,23). The van der Waals surface area contributed by atoms with E-state index in [0.717, 1.165) is 5.75 Å². The number of hydrogen-bond donors (Lipinski definition) is 1. The molecule has 0 fully saturated rings. The molecular weight excluding hydrogens is 330 g/mol. The van der Waals surface area contributed by atoms with Gasteiger partial charge in [-0.1, -0.05) is 18.2 Å². The Bertz CT molecular complexity index is 876. The van der Waals surface area contributed by atoms with Crippen LogP contribution in [0.25, 0.3) is 0 Å². The Morgan fingerprint density at radius 1 is 0.769 bits per heavy atom. The Morgan fingerprint density at radius 3 is 2.08 bits per heavy atom. The Labute approximate surface area is 152 Å². The van der Waals surface area contributed by atoms with Crippen LogP contribution in [-0.4, -0.2) is 20.1 Å². The summed E-state index contributed by atoms with van der Waals surface area (Å²) in [5, 5.41) is 2.85. The van der Waals surface area contributed by atoms with E-state index in [2.05, 4.69) is 5.32 Å². The minimum absolute atomic E-state index is 0.234. The van der Waals surface area contributed by atoms with Crippen molar-refractivity contribution in [3.63, 3.8) is 0 Å². The van der Waals surface area contributed by atoms with Gasteiger partial charge in [0.05, 0.1) is 14.2 Å². The van der Waals surface area contributed by atoms with E-state index in [9.17, 15) is 4.79 Å². The largest absolute Gasteiger partial charge is 0.493 e. The van der Waals surface area contributed by atoms with E-state index in [0.29, 0.717) is 28.5 Å². The van der Waals surface area contributed by atoms with E-state index in [1.165, 1.54) is 7.11 Å². The lowest BCUT2D eigenvalue weighted by Crippen LogP contribution is -2.12. The number of hydrogen-bond acceptors (Lipinski definition) is 4. The summed E-state index contributed by atoms with van der Waals surface area (Å²) in [4.78, 5) is 12.4. The maximum Gasteiger partial charge on any atom is 0.255 e. The molecule has 0 bridgehead atoms. The van der Waals surface area contributed by atoms with Crippen LogP contribution in [0, 0.1) is 0 Å². The van der Waals surface area contributed by atoms with E-state index in [4.69, 9.17) is 14.2 Å². The molecule has 3 aromatic rings. The van der Waals surface area contributed by atoms with Crippen molar-refractivity contribution in [1.82, 2.24) is 0 Å². The second-order valence-electron chi connectivity index (χ2n) is 5.46. The molecule has 3 rings (SSSR count). The highest BCUT2D eigenvalue weighted by molar-refractivity contribution is 6.04. The smallest absolute Gasteiger partial charge is 0.255 e. The maximum atomic E-state index is 12.4. The van der Waals surface area contributed by atoms with Gasteiger partial charge >= 0.3 is 0 Å². The monoisotopic (exact) mass is 349 g/mol. The predicted octanol–water partition coefficient (Wildman–Crippen LogP) is 4.75. The Kier molecular flexibility index (Phi) is 5.39. The summed E-state index contributed by atoms with van der Waals surface area (Å²) in [6, 6.07) is 21.7. The number of para-hydroxylation sites is 1. The van der Waals surface area contributed by atoms with Crippen LogP contribution in [0.5, 0.6) is 23.0 Å². The van der Waals surface area contributed by atoms with E-state index in [1.54, 1.807) is 49.6 Å². The van der Waals surface area contributed by atoms with Crippen LogP contribution in [0.15, 0.2) is 72.8 Å². The highest BCUT2D eigenvalue weighted by atomic mass is 16.5. The first-order valence-electron chi connectivity index (χ1n) is 8.06. The zero-order valence-electron chi connectivity index (χ0n) is 14.6. The van der Waals surface area contributed by atoms with Gasteiger partial charge in [-0.15, -0.1) is 0 Å². The summed E-state index contributed by atoms with van der Waals surface area (Å²) in [6.07, 6.45) is 0. The molecule has 0 aromatic heterocycles.